The summed E-state index contributed by atoms with van der Waals surface area (Å²) in [6.45, 7) is -0.0343. The van der Waals surface area contributed by atoms with Crippen molar-refractivity contribution < 1.29 is 18.4 Å². The van der Waals surface area contributed by atoms with Crippen molar-refractivity contribution in [1.82, 2.24) is 5.32 Å². The zero-order valence-corrected chi connectivity index (χ0v) is 14.2. The third kappa shape index (κ3) is 6.68. The van der Waals surface area contributed by atoms with Crippen LogP contribution in [0.25, 0.3) is 0 Å². The molecule has 138 valence electrons. The molecule has 2 amide bonds. The number of anilines is 1. The number of carbonyl (C=O) groups is 2. The number of rotatable bonds is 8. The number of primary amides is 1. The predicted octanol–water partition coefficient (Wildman–Crippen LogP) is 2.71. The molecule has 4 N–H and O–H groups in total. The van der Waals surface area contributed by atoms with Gasteiger partial charge in [-0.05, 0) is 24.5 Å². The van der Waals surface area contributed by atoms with Gasteiger partial charge in [-0.2, -0.15) is 0 Å². The highest BCUT2D eigenvalue weighted by molar-refractivity contribution is 5.87. The van der Waals surface area contributed by atoms with Crippen LogP contribution in [0.4, 0.5) is 14.5 Å². The van der Waals surface area contributed by atoms with E-state index < -0.39 is 23.6 Å². The number of hydrogen-bond donors (Lipinski definition) is 3. The fourth-order valence-corrected chi connectivity index (χ4v) is 3.18. The second-order valence-electron chi connectivity index (χ2n) is 6.60. The normalized spacial score (nSPS) is 16.2. The summed E-state index contributed by atoms with van der Waals surface area (Å²) in [4.78, 5) is 23.6. The van der Waals surface area contributed by atoms with Crippen LogP contribution < -0.4 is 16.4 Å². The third-order valence-electron chi connectivity index (χ3n) is 4.56. The van der Waals surface area contributed by atoms with Gasteiger partial charge in [0.2, 0.25) is 11.8 Å². The van der Waals surface area contributed by atoms with Crippen molar-refractivity contribution in [2.75, 3.05) is 11.9 Å². The number of halogens is 2. The van der Waals surface area contributed by atoms with Gasteiger partial charge in [0, 0.05) is 24.7 Å². The number of hydrogen-bond acceptors (Lipinski definition) is 3. The Morgan fingerprint density at radius 1 is 1.12 bits per heavy atom. The van der Waals surface area contributed by atoms with Crippen LogP contribution in [0.5, 0.6) is 0 Å². The Morgan fingerprint density at radius 2 is 1.76 bits per heavy atom. The lowest BCUT2D eigenvalue weighted by molar-refractivity contribution is -0.127. The molecule has 1 fully saturated rings. The maximum Gasteiger partial charge on any atom is 0.241 e. The van der Waals surface area contributed by atoms with Gasteiger partial charge >= 0.3 is 0 Å². The van der Waals surface area contributed by atoms with Crippen LogP contribution >= 0.6 is 0 Å². The minimum Gasteiger partial charge on any atom is -0.382 e. The smallest absolute Gasteiger partial charge is 0.241 e. The summed E-state index contributed by atoms with van der Waals surface area (Å²) in [5.41, 5.74) is 5.49. The van der Waals surface area contributed by atoms with Crippen LogP contribution in [-0.4, -0.2) is 24.4 Å². The lowest BCUT2D eigenvalue weighted by atomic mass is 9.86. The van der Waals surface area contributed by atoms with Crippen molar-refractivity contribution >= 4 is 17.5 Å². The van der Waals surface area contributed by atoms with Gasteiger partial charge in [-0.3, -0.25) is 9.59 Å². The Kier molecular flexibility index (Phi) is 7.16. The SMILES string of the molecule is NC(=O)[C@H](CNc1cc(F)cc(F)c1)NC(=O)CCC1CCCCC1. The molecule has 0 unspecified atom stereocenters. The summed E-state index contributed by atoms with van der Waals surface area (Å²) < 4.78 is 26.3. The molecule has 1 aliphatic carbocycles. The number of amides is 2. The summed E-state index contributed by atoms with van der Waals surface area (Å²) in [6.07, 6.45) is 7.15. The maximum atomic E-state index is 13.2. The first-order valence-electron chi connectivity index (χ1n) is 8.72. The second kappa shape index (κ2) is 9.34. The molecule has 1 aromatic rings. The van der Waals surface area contributed by atoms with Crippen molar-refractivity contribution in [3.05, 3.63) is 29.8 Å². The molecule has 0 spiro atoms. The van der Waals surface area contributed by atoms with Gasteiger partial charge in [0.25, 0.3) is 0 Å². The Bertz CT molecular complexity index is 584. The summed E-state index contributed by atoms with van der Waals surface area (Å²) in [7, 11) is 0. The highest BCUT2D eigenvalue weighted by Crippen LogP contribution is 2.27. The molecule has 2 rings (SSSR count). The van der Waals surface area contributed by atoms with E-state index in [1.807, 2.05) is 0 Å². The number of nitrogens with two attached hydrogens (primary N) is 1. The Morgan fingerprint density at radius 3 is 2.36 bits per heavy atom. The molecule has 0 radical (unpaired) electrons. The highest BCUT2D eigenvalue weighted by Gasteiger charge is 2.20. The van der Waals surface area contributed by atoms with Gasteiger partial charge in [0.15, 0.2) is 0 Å². The van der Waals surface area contributed by atoms with E-state index in [1.165, 1.54) is 19.3 Å². The monoisotopic (exact) mass is 353 g/mol. The molecule has 1 aromatic carbocycles. The first-order chi connectivity index (χ1) is 11.9. The van der Waals surface area contributed by atoms with E-state index in [0.717, 1.165) is 37.5 Å². The summed E-state index contributed by atoms with van der Waals surface area (Å²) in [5, 5.41) is 5.32. The van der Waals surface area contributed by atoms with E-state index in [1.54, 1.807) is 0 Å². The van der Waals surface area contributed by atoms with Crippen LogP contribution in [-0.2, 0) is 9.59 Å². The van der Waals surface area contributed by atoms with E-state index in [-0.39, 0.29) is 18.1 Å². The zero-order chi connectivity index (χ0) is 18.2. The predicted molar refractivity (Wildman–Crippen MR) is 91.8 cm³/mol. The topological polar surface area (TPSA) is 84.2 Å². The van der Waals surface area contributed by atoms with Gasteiger partial charge in [0.1, 0.15) is 17.7 Å². The largest absolute Gasteiger partial charge is 0.382 e. The average Bonchev–Trinajstić information content (AvgIpc) is 2.56. The Balaban J connectivity index is 1.80. The average molecular weight is 353 g/mol. The van der Waals surface area contributed by atoms with Crippen molar-refractivity contribution in [3.8, 4) is 0 Å². The first kappa shape index (κ1) is 19.1. The zero-order valence-electron chi connectivity index (χ0n) is 14.2. The second-order valence-corrected chi connectivity index (χ2v) is 6.60. The standard InChI is InChI=1S/C18H25F2N3O2/c19-13-8-14(20)10-15(9-13)22-11-16(18(21)25)23-17(24)7-6-12-4-2-1-3-5-12/h8-10,12,16,22H,1-7,11H2,(H2,21,25)(H,23,24)/t16-/m0/s1. The minimum atomic E-state index is -0.940. The summed E-state index contributed by atoms with van der Waals surface area (Å²) >= 11 is 0. The van der Waals surface area contributed by atoms with Crippen LogP contribution in [0.1, 0.15) is 44.9 Å². The summed E-state index contributed by atoms with van der Waals surface area (Å²) in [6, 6.07) is 2.02. The molecule has 0 aliphatic heterocycles. The molecule has 25 heavy (non-hydrogen) atoms. The van der Waals surface area contributed by atoms with E-state index >= 15 is 0 Å². The van der Waals surface area contributed by atoms with Gasteiger partial charge in [0.05, 0.1) is 0 Å². The molecule has 1 atom stereocenters. The van der Waals surface area contributed by atoms with E-state index in [0.29, 0.717) is 12.3 Å². The minimum absolute atomic E-state index is 0.0343. The fraction of sp³-hybridized carbons (Fsp3) is 0.556. The van der Waals surface area contributed by atoms with Crippen LogP contribution in [0.2, 0.25) is 0 Å². The Labute approximate surface area is 146 Å². The lowest BCUT2D eigenvalue weighted by Crippen LogP contribution is -2.48. The number of benzene rings is 1. The molecule has 5 nitrogen and oxygen atoms in total. The van der Waals surface area contributed by atoms with E-state index in [2.05, 4.69) is 10.6 Å². The van der Waals surface area contributed by atoms with E-state index in [4.69, 9.17) is 5.73 Å². The van der Waals surface area contributed by atoms with Gasteiger partial charge < -0.3 is 16.4 Å². The maximum absolute atomic E-state index is 13.2. The van der Waals surface area contributed by atoms with Crippen molar-refractivity contribution in [2.45, 2.75) is 51.0 Å². The molecule has 7 heteroatoms. The van der Waals surface area contributed by atoms with Crippen LogP contribution in [0.3, 0.4) is 0 Å². The number of carbonyl (C=O) groups excluding carboxylic acids is 2. The molecule has 0 bridgehead atoms. The molecule has 0 heterocycles. The molecule has 0 saturated heterocycles. The van der Waals surface area contributed by atoms with Crippen molar-refractivity contribution in [3.63, 3.8) is 0 Å². The number of nitrogens with one attached hydrogen (secondary N) is 2. The molecule has 0 aromatic heterocycles. The van der Waals surface area contributed by atoms with Crippen LogP contribution in [0.15, 0.2) is 18.2 Å². The molecule has 1 aliphatic rings. The Hall–Kier alpha value is -2.18. The molecule has 1 saturated carbocycles. The lowest BCUT2D eigenvalue weighted by Gasteiger charge is -2.22. The molecular formula is C18H25F2N3O2. The molecular weight excluding hydrogens is 328 g/mol. The third-order valence-corrected chi connectivity index (χ3v) is 4.56. The quantitative estimate of drug-likeness (QED) is 0.672. The van der Waals surface area contributed by atoms with Crippen LogP contribution in [0, 0.1) is 17.6 Å². The fourth-order valence-electron chi connectivity index (χ4n) is 3.18. The van der Waals surface area contributed by atoms with Crippen molar-refractivity contribution in [2.24, 2.45) is 11.7 Å². The van der Waals surface area contributed by atoms with Crippen molar-refractivity contribution in [1.29, 1.82) is 0 Å². The van der Waals surface area contributed by atoms with Gasteiger partial charge in [-0.1, -0.05) is 32.1 Å². The highest BCUT2D eigenvalue weighted by atomic mass is 19.1. The van der Waals surface area contributed by atoms with Gasteiger partial charge in [-0.15, -0.1) is 0 Å². The first-order valence-corrected chi connectivity index (χ1v) is 8.72. The van der Waals surface area contributed by atoms with Gasteiger partial charge in [-0.25, -0.2) is 8.78 Å². The van der Waals surface area contributed by atoms with E-state index in [9.17, 15) is 18.4 Å². The summed E-state index contributed by atoms with van der Waals surface area (Å²) in [5.74, 6) is -1.82.